The molecule has 1 aliphatic rings. The lowest BCUT2D eigenvalue weighted by Crippen LogP contribution is -2.44. The van der Waals surface area contributed by atoms with E-state index in [0.717, 1.165) is 28.7 Å². The molecule has 0 atom stereocenters. The first-order valence-electron chi connectivity index (χ1n) is 13.3. The monoisotopic (exact) mass is 535 g/mol. The number of aromatic carboxylic acids is 1. The molecule has 202 valence electrons. The number of fused-ring (bicyclic) bond motifs is 5. The van der Waals surface area contributed by atoms with E-state index in [-0.39, 0.29) is 16.5 Å². The molecular weight excluding hydrogens is 504 g/mol. The number of hydrogen-bond donors (Lipinski definition) is 1. The van der Waals surface area contributed by atoms with E-state index in [9.17, 15) is 14.7 Å². The second kappa shape index (κ2) is 8.95. The summed E-state index contributed by atoms with van der Waals surface area (Å²) < 4.78 is 14.4. The largest absolute Gasteiger partial charge is 0.478 e. The standard InChI is InChI=1S/C33H30N2O5/c1-7-35-25-16-27-24(15-23(25)18(2)17-33(35,3)4)28(20-10-8-9-11-21(20)31(36)37)29-30(39-27)22-13-12-19(34(5)6)14-26(22)40-32(29)38/h8-17H,7H2,1-6H3/p+1. The minimum atomic E-state index is -1.08. The molecule has 0 spiro atoms. The molecule has 0 amide bonds. The van der Waals surface area contributed by atoms with Crippen molar-refractivity contribution >= 4 is 50.1 Å². The molecule has 3 heterocycles. The molecule has 7 heteroatoms. The molecule has 0 bridgehead atoms. The molecule has 5 aromatic rings. The second-order valence-corrected chi connectivity index (χ2v) is 11.1. The van der Waals surface area contributed by atoms with Gasteiger partial charge >= 0.3 is 11.6 Å². The van der Waals surface area contributed by atoms with Gasteiger partial charge in [-0.15, -0.1) is 0 Å². The fourth-order valence-electron chi connectivity index (χ4n) is 6.13. The van der Waals surface area contributed by atoms with Gasteiger partial charge in [0.2, 0.25) is 5.36 Å². The number of hydrogen-bond acceptors (Lipinski definition) is 5. The van der Waals surface area contributed by atoms with Crippen molar-refractivity contribution in [1.82, 2.24) is 4.58 Å². The number of anilines is 1. The van der Waals surface area contributed by atoms with Gasteiger partial charge < -0.3 is 18.8 Å². The van der Waals surface area contributed by atoms with E-state index < -0.39 is 11.6 Å². The number of carbonyl (C=O) groups is 1. The van der Waals surface area contributed by atoms with E-state index in [0.29, 0.717) is 38.6 Å². The predicted molar refractivity (Wildman–Crippen MR) is 160 cm³/mol. The maximum atomic E-state index is 13.7. The highest BCUT2D eigenvalue weighted by Gasteiger charge is 2.32. The Morgan fingerprint density at radius 1 is 0.975 bits per heavy atom. The minimum absolute atomic E-state index is 0.0973. The maximum Gasteiger partial charge on any atom is 0.348 e. The van der Waals surface area contributed by atoms with Crippen LogP contribution in [-0.2, 0) is 0 Å². The number of allylic oxidation sites excluding steroid dienone is 1. The SMILES string of the molecule is CCN1c2cc3oc4c(c(-c5ccccc5C(=O)O)c3cc2C(C)=CC1(C)C)c(=O)oc1cc(=[N+](C)C)ccc14. The first-order chi connectivity index (χ1) is 19.0. The molecule has 1 N–H and O–H groups in total. The molecule has 40 heavy (non-hydrogen) atoms. The van der Waals surface area contributed by atoms with Gasteiger partial charge in [-0.2, -0.15) is 0 Å². The van der Waals surface area contributed by atoms with Crippen molar-refractivity contribution in [2.45, 2.75) is 33.2 Å². The molecule has 0 saturated carbocycles. The molecule has 0 saturated heterocycles. The van der Waals surface area contributed by atoms with E-state index >= 15 is 0 Å². The third kappa shape index (κ3) is 3.76. The average molecular weight is 536 g/mol. The lowest BCUT2D eigenvalue weighted by atomic mass is 9.86. The lowest BCUT2D eigenvalue weighted by molar-refractivity contribution is 0.0697. The molecule has 0 unspecified atom stereocenters. The van der Waals surface area contributed by atoms with Crippen LogP contribution in [0.4, 0.5) is 5.69 Å². The minimum Gasteiger partial charge on any atom is -0.478 e. The van der Waals surface area contributed by atoms with Gasteiger partial charge in [-0.05, 0) is 57.0 Å². The Hall–Kier alpha value is -4.65. The van der Waals surface area contributed by atoms with E-state index in [1.54, 1.807) is 24.3 Å². The zero-order valence-corrected chi connectivity index (χ0v) is 23.5. The Bertz CT molecular complexity index is 2060. The molecule has 6 rings (SSSR count). The fourth-order valence-corrected chi connectivity index (χ4v) is 6.13. The quantitative estimate of drug-likeness (QED) is 0.130. The van der Waals surface area contributed by atoms with Crippen molar-refractivity contribution in [2.75, 3.05) is 25.5 Å². The van der Waals surface area contributed by atoms with Crippen molar-refractivity contribution < 1.29 is 18.7 Å². The Kier molecular flexibility index (Phi) is 5.73. The van der Waals surface area contributed by atoms with Gasteiger partial charge in [-0.25, -0.2) is 14.2 Å². The second-order valence-electron chi connectivity index (χ2n) is 11.1. The van der Waals surface area contributed by atoms with Crippen LogP contribution in [0.25, 0.3) is 49.6 Å². The summed E-state index contributed by atoms with van der Waals surface area (Å²) in [6.07, 6.45) is 2.23. The Morgan fingerprint density at radius 2 is 1.70 bits per heavy atom. The van der Waals surface area contributed by atoms with Crippen molar-refractivity contribution in [1.29, 1.82) is 0 Å². The molecule has 0 radical (unpaired) electrons. The van der Waals surface area contributed by atoms with Crippen LogP contribution in [-0.4, -0.2) is 37.3 Å². The third-order valence-electron chi connectivity index (χ3n) is 7.91. The number of likely N-dealkylation sites (N-methyl/N-ethyl adjacent to an activating group) is 1. The van der Waals surface area contributed by atoms with Crippen LogP contribution in [0.3, 0.4) is 0 Å². The smallest absolute Gasteiger partial charge is 0.348 e. The van der Waals surface area contributed by atoms with E-state index in [4.69, 9.17) is 8.83 Å². The van der Waals surface area contributed by atoms with Crippen molar-refractivity contribution in [3.8, 4) is 11.1 Å². The number of carboxylic acids is 1. The number of benzene rings is 3. The van der Waals surface area contributed by atoms with Crippen LogP contribution >= 0.6 is 0 Å². The van der Waals surface area contributed by atoms with E-state index in [2.05, 4.69) is 38.7 Å². The average Bonchev–Trinajstić information content (AvgIpc) is 2.90. The number of nitrogens with zero attached hydrogens (tertiary/aromatic N) is 2. The molecule has 1 aliphatic heterocycles. The summed E-state index contributed by atoms with van der Waals surface area (Å²) >= 11 is 0. The predicted octanol–water partition coefficient (Wildman–Crippen LogP) is 6.11. The molecular formula is C33H31N2O5+. The van der Waals surface area contributed by atoms with Crippen LogP contribution in [0.15, 0.2) is 74.3 Å². The summed E-state index contributed by atoms with van der Waals surface area (Å²) in [5.41, 5.74) is 4.71. The van der Waals surface area contributed by atoms with Gasteiger partial charge in [0.1, 0.15) is 30.6 Å². The Balaban J connectivity index is 1.87. The zero-order valence-electron chi connectivity index (χ0n) is 23.5. The maximum absolute atomic E-state index is 13.7. The Morgan fingerprint density at radius 3 is 2.40 bits per heavy atom. The van der Waals surface area contributed by atoms with Gasteiger partial charge in [-0.3, -0.25) is 0 Å². The molecule has 3 aromatic carbocycles. The Labute approximate surface area is 230 Å². The van der Waals surface area contributed by atoms with Gasteiger partial charge in [-0.1, -0.05) is 24.3 Å². The summed E-state index contributed by atoms with van der Waals surface area (Å²) in [5, 5.41) is 12.5. The lowest BCUT2D eigenvalue weighted by Gasteiger charge is -2.42. The number of rotatable bonds is 3. The third-order valence-corrected chi connectivity index (χ3v) is 7.91. The highest BCUT2D eigenvalue weighted by molar-refractivity contribution is 6.16. The summed E-state index contributed by atoms with van der Waals surface area (Å²) in [5.74, 6) is -1.08. The van der Waals surface area contributed by atoms with Crippen molar-refractivity contribution in [2.24, 2.45) is 0 Å². The van der Waals surface area contributed by atoms with Crippen LogP contribution in [0.5, 0.6) is 0 Å². The van der Waals surface area contributed by atoms with E-state index in [1.807, 2.05) is 49.0 Å². The zero-order chi connectivity index (χ0) is 28.5. The topological polar surface area (TPSA) is 86.9 Å². The van der Waals surface area contributed by atoms with Crippen molar-refractivity contribution in [3.63, 3.8) is 0 Å². The van der Waals surface area contributed by atoms with Crippen LogP contribution in [0.1, 0.15) is 43.6 Å². The molecule has 0 fully saturated rings. The van der Waals surface area contributed by atoms with Crippen LogP contribution in [0, 0.1) is 0 Å². The summed E-state index contributed by atoms with van der Waals surface area (Å²) in [4.78, 5) is 28.4. The highest BCUT2D eigenvalue weighted by Crippen LogP contribution is 2.45. The highest BCUT2D eigenvalue weighted by atomic mass is 16.4. The van der Waals surface area contributed by atoms with Crippen LogP contribution in [0.2, 0.25) is 0 Å². The van der Waals surface area contributed by atoms with Gasteiger partial charge in [0.05, 0.1) is 22.6 Å². The van der Waals surface area contributed by atoms with E-state index in [1.165, 1.54) is 0 Å². The molecule has 0 aliphatic carbocycles. The van der Waals surface area contributed by atoms with Gasteiger partial charge in [0.15, 0.2) is 5.58 Å². The molecule has 7 nitrogen and oxygen atoms in total. The first-order valence-corrected chi connectivity index (χ1v) is 13.3. The summed E-state index contributed by atoms with van der Waals surface area (Å²) in [6, 6.07) is 16.4. The molecule has 2 aromatic heterocycles. The van der Waals surface area contributed by atoms with Gasteiger partial charge in [0, 0.05) is 40.9 Å². The summed E-state index contributed by atoms with van der Waals surface area (Å²) in [7, 11) is 3.83. The van der Waals surface area contributed by atoms with Crippen LogP contribution < -0.4 is 20.5 Å². The summed E-state index contributed by atoms with van der Waals surface area (Å²) in [6.45, 7) is 9.35. The van der Waals surface area contributed by atoms with Crippen molar-refractivity contribution in [3.05, 3.63) is 87.6 Å². The number of carboxylic acid groups (broad SMARTS) is 1. The normalized spacial score (nSPS) is 14.4. The fraction of sp³-hybridized carbons (Fsp3) is 0.242. The first kappa shape index (κ1) is 25.6. The van der Waals surface area contributed by atoms with Gasteiger partial charge in [0.25, 0.3) is 0 Å².